The summed E-state index contributed by atoms with van der Waals surface area (Å²) in [5, 5.41) is 14.3. The van der Waals surface area contributed by atoms with E-state index < -0.39 is 5.97 Å². The van der Waals surface area contributed by atoms with Crippen LogP contribution in [0.3, 0.4) is 0 Å². The van der Waals surface area contributed by atoms with Gasteiger partial charge in [0.2, 0.25) is 0 Å². The van der Waals surface area contributed by atoms with Crippen molar-refractivity contribution in [3.63, 3.8) is 0 Å². The van der Waals surface area contributed by atoms with Gasteiger partial charge in [0.05, 0.1) is 17.1 Å². The monoisotopic (exact) mass is 290 g/mol. The van der Waals surface area contributed by atoms with E-state index in [1.807, 2.05) is 31.5 Å². The molecule has 0 saturated carbocycles. The minimum absolute atomic E-state index is 0.0413. The second kappa shape index (κ2) is 6.13. The van der Waals surface area contributed by atoms with E-state index in [1.165, 1.54) is 22.9 Å². The van der Waals surface area contributed by atoms with Crippen LogP contribution in [-0.2, 0) is 11.2 Å². The molecule has 4 nitrogen and oxygen atoms in total. The predicted octanol–water partition coefficient (Wildman–Crippen LogP) is 3.23. The summed E-state index contributed by atoms with van der Waals surface area (Å²) in [6.07, 6.45) is 0.832. The standard InChI is InChI=1S/C15H18N2O2S/c1-4-12-8-14(20-9-15(18)19)17(16-12)13-6-10(2)5-11(3)7-13/h5-8H,4,9H2,1-3H3,(H,18,19). The number of hydrogen-bond donors (Lipinski definition) is 1. The summed E-state index contributed by atoms with van der Waals surface area (Å²) in [6, 6.07) is 8.19. The van der Waals surface area contributed by atoms with Gasteiger partial charge in [-0.15, -0.1) is 0 Å². The van der Waals surface area contributed by atoms with Crippen LogP contribution in [0.2, 0.25) is 0 Å². The lowest BCUT2D eigenvalue weighted by molar-refractivity contribution is -0.133. The molecule has 1 heterocycles. The van der Waals surface area contributed by atoms with E-state index in [4.69, 9.17) is 5.11 Å². The highest BCUT2D eigenvalue weighted by molar-refractivity contribution is 7.99. The Morgan fingerprint density at radius 1 is 1.25 bits per heavy atom. The van der Waals surface area contributed by atoms with Gasteiger partial charge in [0.15, 0.2) is 0 Å². The third kappa shape index (κ3) is 3.42. The largest absolute Gasteiger partial charge is 0.481 e. The lowest BCUT2D eigenvalue weighted by atomic mass is 10.1. The fourth-order valence-electron chi connectivity index (χ4n) is 2.08. The number of aliphatic carboxylic acids is 1. The van der Waals surface area contributed by atoms with Crippen LogP contribution in [0.25, 0.3) is 5.69 Å². The first-order chi connectivity index (χ1) is 9.49. The molecule has 0 aliphatic carbocycles. The molecular weight excluding hydrogens is 272 g/mol. The second-order valence-corrected chi connectivity index (χ2v) is 5.76. The van der Waals surface area contributed by atoms with Gasteiger partial charge in [-0.25, -0.2) is 4.68 Å². The molecule has 0 amide bonds. The molecule has 20 heavy (non-hydrogen) atoms. The quantitative estimate of drug-likeness (QED) is 0.859. The highest BCUT2D eigenvalue weighted by Crippen LogP contribution is 2.24. The van der Waals surface area contributed by atoms with Crippen LogP contribution in [0.1, 0.15) is 23.7 Å². The fraction of sp³-hybridized carbons (Fsp3) is 0.333. The number of thioether (sulfide) groups is 1. The van der Waals surface area contributed by atoms with E-state index in [0.717, 1.165) is 22.8 Å². The van der Waals surface area contributed by atoms with Crippen molar-refractivity contribution in [1.29, 1.82) is 0 Å². The summed E-state index contributed by atoms with van der Waals surface area (Å²) in [6.45, 7) is 6.13. The minimum atomic E-state index is -0.818. The third-order valence-corrected chi connectivity index (χ3v) is 3.86. The number of carbonyl (C=O) groups is 1. The van der Waals surface area contributed by atoms with Gasteiger partial charge in [-0.1, -0.05) is 24.8 Å². The topological polar surface area (TPSA) is 55.1 Å². The Balaban J connectivity index is 2.42. The van der Waals surface area contributed by atoms with Gasteiger partial charge in [-0.3, -0.25) is 4.79 Å². The van der Waals surface area contributed by atoms with Crippen molar-refractivity contribution in [2.24, 2.45) is 0 Å². The molecule has 0 saturated heterocycles. The van der Waals surface area contributed by atoms with Crippen LogP contribution in [0.5, 0.6) is 0 Å². The van der Waals surface area contributed by atoms with Gasteiger partial charge in [-0.2, -0.15) is 5.10 Å². The molecule has 0 bridgehead atoms. The molecule has 2 rings (SSSR count). The summed E-state index contributed by atoms with van der Waals surface area (Å²) >= 11 is 1.30. The first-order valence-electron chi connectivity index (χ1n) is 6.51. The molecule has 0 atom stereocenters. The average molecular weight is 290 g/mol. The minimum Gasteiger partial charge on any atom is -0.481 e. The zero-order valence-corrected chi connectivity index (χ0v) is 12.7. The Morgan fingerprint density at radius 2 is 1.90 bits per heavy atom. The molecule has 0 unspecified atom stereocenters. The Hall–Kier alpha value is -1.75. The Morgan fingerprint density at radius 3 is 2.45 bits per heavy atom. The normalized spacial score (nSPS) is 10.8. The number of nitrogens with zero attached hydrogens (tertiary/aromatic N) is 2. The average Bonchev–Trinajstić information content (AvgIpc) is 2.78. The molecule has 1 aromatic carbocycles. The Bertz CT molecular complexity index is 615. The lowest BCUT2D eigenvalue weighted by Crippen LogP contribution is -2.03. The molecule has 0 aliphatic heterocycles. The molecule has 1 N–H and O–H groups in total. The van der Waals surface area contributed by atoms with Crippen LogP contribution in [0.15, 0.2) is 29.3 Å². The number of rotatable bonds is 5. The molecule has 0 radical (unpaired) electrons. The van der Waals surface area contributed by atoms with E-state index in [-0.39, 0.29) is 5.75 Å². The first kappa shape index (κ1) is 14.7. The van der Waals surface area contributed by atoms with Crippen LogP contribution < -0.4 is 0 Å². The van der Waals surface area contributed by atoms with Gasteiger partial charge < -0.3 is 5.11 Å². The van der Waals surface area contributed by atoms with E-state index >= 15 is 0 Å². The summed E-state index contributed by atoms with van der Waals surface area (Å²) in [4.78, 5) is 10.8. The van der Waals surface area contributed by atoms with E-state index in [1.54, 1.807) is 0 Å². The van der Waals surface area contributed by atoms with Crippen molar-refractivity contribution in [1.82, 2.24) is 9.78 Å². The van der Waals surface area contributed by atoms with Crippen LogP contribution in [0.4, 0.5) is 0 Å². The van der Waals surface area contributed by atoms with Gasteiger partial charge in [0.25, 0.3) is 0 Å². The first-order valence-corrected chi connectivity index (χ1v) is 7.50. The zero-order valence-electron chi connectivity index (χ0n) is 11.9. The van der Waals surface area contributed by atoms with Crippen molar-refractivity contribution in [3.8, 4) is 5.69 Å². The predicted molar refractivity (Wildman–Crippen MR) is 80.8 cm³/mol. The number of carboxylic acids is 1. The molecule has 106 valence electrons. The number of aryl methyl sites for hydroxylation is 3. The fourth-order valence-corrected chi connectivity index (χ4v) is 2.84. The van der Waals surface area contributed by atoms with Crippen molar-refractivity contribution < 1.29 is 9.90 Å². The lowest BCUT2D eigenvalue weighted by Gasteiger charge is -2.08. The molecular formula is C15H18N2O2S. The SMILES string of the molecule is CCc1cc(SCC(=O)O)n(-c2cc(C)cc(C)c2)n1. The van der Waals surface area contributed by atoms with E-state index in [2.05, 4.69) is 23.3 Å². The van der Waals surface area contributed by atoms with Crippen LogP contribution >= 0.6 is 11.8 Å². The maximum absolute atomic E-state index is 10.8. The Labute approximate surface area is 122 Å². The highest BCUT2D eigenvalue weighted by atomic mass is 32.2. The van der Waals surface area contributed by atoms with Crippen molar-refractivity contribution in [2.45, 2.75) is 32.2 Å². The van der Waals surface area contributed by atoms with Gasteiger partial charge in [0, 0.05) is 0 Å². The second-order valence-electron chi connectivity index (χ2n) is 4.77. The molecule has 1 aromatic heterocycles. The highest BCUT2D eigenvalue weighted by Gasteiger charge is 2.11. The zero-order chi connectivity index (χ0) is 14.7. The van der Waals surface area contributed by atoms with Gasteiger partial charge in [-0.05, 0) is 49.6 Å². The van der Waals surface area contributed by atoms with E-state index in [0.29, 0.717) is 0 Å². The summed E-state index contributed by atoms with van der Waals surface area (Å²) < 4.78 is 1.84. The molecule has 0 spiro atoms. The number of hydrogen-bond acceptors (Lipinski definition) is 3. The molecule has 2 aromatic rings. The molecule has 0 fully saturated rings. The van der Waals surface area contributed by atoms with Crippen molar-refractivity contribution >= 4 is 17.7 Å². The van der Waals surface area contributed by atoms with Crippen LogP contribution in [-0.4, -0.2) is 26.6 Å². The van der Waals surface area contributed by atoms with Crippen LogP contribution in [0, 0.1) is 13.8 Å². The van der Waals surface area contributed by atoms with Gasteiger partial charge in [0.1, 0.15) is 5.03 Å². The maximum Gasteiger partial charge on any atom is 0.313 e. The number of aromatic nitrogens is 2. The summed E-state index contributed by atoms with van der Waals surface area (Å²) in [5.41, 5.74) is 4.29. The number of benzene rings is 1. The number of carboxylic acid groups (broad SMARTS) is 1. The summed E-state index contributed by atoms with van der Waals surface area (Å²) in [7, 11) is 0. The molecule has 5 heteroatoms. The van der Waals surface area contributed by atoms with E-state index in [9.17, 15) is 4.79 Å². The Kier molecular flexibility index (Phi) is 4.49. The third-order valence-electron chi connectivity index (χ3n) is 2.88. The molecule has 0 aliphatic rings. The maximum atomic E-state index is 10.8. The van der Waals surface area contributed by atoms with Crippen molar-refractivity contribution in [3.05, 3.63) is 41.1 Å². The summed E-state index contributed by atoms with van der Waals surface area (Å²) in [5.74, 6) is -0.777. The smallest absolute Gasteiger partial charge is 0.313 e. The van der Waals surface area contributed by atoms with Crippen molar-refractivity contribution in [2.75, 3.05) is 5.75 Å². The van der Waals surface area contributed by atoms with Gasteiger partial charge >= 0.3 is 5.97 Å².